The minimum atomic E-state index is -2.15. The number of nitrogens with one attached hydrogen (secondary N) is 3. The second-order valence-electron chi connectivity index (χ2n) is 16.3. The smallest absolute Gasteiger partial charge is 0.310 e. The summed E-state index contributed by atoms with van der Waals surface area (Å²) in [6.07, 6.45) is -1.16. The fourth-order valence-electron chi connectivity index (χ4n) is 7.25. The molecule has 3 aromatic rings. The molecule has 18 N–H and O–H groups in total. The Balaban J connectivity index is 2.05. The van der Waals surface area contributed by atoms with Crippen molar-refractivity contribution in [1.82, 2.24) is 0 Å². The van der Waals surface area contributed by atoms with Gasteiger partial charge in [-0.1, -0.05) is 36.4 Å². The summed E-state index contributed by atoms with van der Waals surface area (Å²) < 4.78 is 0. The Hall–Kier alpha value is -6.75. The number of carboxylic acid groups (broad SMARTS) is 3. The molecule has 0 radical (unpaired) electrons. The number of amides is 3. The summed E-state index contributed by atoms with van der Waals surface area (Å²) in [7, 11) is 0. The number of Topliss-reactive ketones (excluding diaryl/α,β-unsaturated/α-hetero) is 3. The van der Waals surface area contributed by atoms with Crippen LogP contribution in [0.2, 0.25) is 0 Å². The van der Waals surface area contributed by atoms with Gasteiger partial charge >= 0.3 is 17.9 Å². The van der Waals surface area contributed by atoms with E-state index < -0.39 is 94.8 Å². The van der Waals surface area contributed by atoms with Crippen LogP contribution in [0.4, 0.5) is 17.1 Å². The third kappa shape index (κ3) is 15.1. The Morgan fingerprint density at radius 3 is 0.821 bits per heavy atom. The molecule has 21 nitrogen and oxygen atoms in total. The van der Waals surface area contributed by atoms with E-state index in [1.165, 1.54) is 0 Å². The number of carboxylic acids is 3. The van der Waals surface area contributed by atoms with Gasteiger partial charge in [-0.15, -0.1) is 0 Å². The Morgan fingerprint density at radius 2 is 0.627 bits per heavy atom. The third-order valence-electron chi connectivity index (χ3n) is 11.2. The summed E-state index contributed by atoms with van der Waals surface area (Å²) in [4.78, 5) is 113. The van der Waals surface area contributed by atoms with Gasteiger partial charge in [0, 0.05) is 23.0 Å². The molecule has 0 aliphatic carbocycles. The van der Waals surface area contributed by atoms with E-state index in [4.69, 9.17) is 34.4 Å². The van der Waals surface area contributed by atoms with Gasteiger partial charge in [0.2, 0.25) is 0 Å². The van der Waals surface area contributed by atoms with E-state index in [-0.39, 0.29) is 75.2 Å². The van der Waals surface area contributed by atoms with Crippen LogP contribution in [0.1, 0.15) is 99.7 Å². The number of hydrogen-bond acceptors (Lipinski definition) is 15. The summed E-state index contributed by atoms with van der Waals surface area (Å²) in [5, 5.41) is 35.6. The van der Waals surface area contributed by atoms with E-state index in [9.17, 15) is 58.5 Å². The molecule has 3 aromatic carbocycles. The molecule has 21 heteroatoms. The summed E-state index contributed by atoms with van der Waals surface area (Å²) in [6.45, 7) is 0.796. The molecule has 0 aliphatic rings. The van der Waals surface area contributed by atoms with Crippen molar-refractivity contribution in [2.45, 2.75) is 99.6 Å². The average molecular weight is 932 g/mol. The third-order valence-corrected chi connectivity index (χ3v) is 11.2. The van der Waals surface area contributed by atoms with Crippen molar-refractivity contribution in [2.24, 2.45) is 34.4 Å². The molecular formula is C46H61N9O12. The molecule has 0 saturated carbocycles. The van der Waals surface area contributed by atoms with Crippen molar-refractivity contribution in [2.75, 3.05) is 35.6 Å². The molecule has 3 amide bonds. The van der Waals surface area contributed by atoms with Crippen molar-refractivity contribution in [3.8, 4) is 0 Å². The molecule has 0 aliphatic heterocycles. The summed E-state index contributed by atoms with van der Waals surface area (Å²) in [6, 6.07) is 19.3. The van der Waals surface area contributed by atoms with Gasteiger partial charge < -0.3 is 65.7 Å². The van der Waals surface area contributed by atoms with E-state index in [1.54, 1.807) is 72.8 Å². The number of ketones is 3. The van der Waals surface area contributed by atoms with Crippen LogP contribution in [0.15, 0.2) is 72.8 Å². The lowest BCUT2D eigenvalue weighted by Gasteiger charge is -2.27. The minimum Gasteiger partial charge on any atom is -0.481 e. The molecule has 0 saturated heterocycles. The number of hydrogen-bond donors (Lipinski definition) is 12. The molecule has 0 spiro atoms. The first-order valence-electron chi connectivity index (χ1n) is 21.6. The Bertz CT molecular complexity index is 2010. The van der Waals surface area contributed by atoms with Gasteiger partial charge in [-0.3, -0.25) is 43.2 Å². The highest BCUT2D eigenvalue weighted by Crippen LogP contribution is 2.35. The van der Waals surface area contributed by atoms with E-state index in [0.717, 1.165) is 0 Å². The van der Waals surface area contributed by atoms with Crippen molar-refractivity contribution in [1.29, 1.82) is 0 Å². The molecular weight excluding hydrogens is 871 g/mol. The van der Waals surface area contributed by atoms with Crippen LogP contribution >= 0.6 is 0 Å². The standard InChI is InChI=1S/C46H61N9O12/c47-22-4-1-19-44(50,34(56)25-37(59)60)41(65)53-31-13-7-28(8-14-31)40(29-9-15-32(16-10-29)54-42(66)45(51,20-2-5-23-48)35(57)26-38(61)62)30-11-17-33(18-12-30)55-43(67)46(52,21-3-6-24-49)36(58)27-39(63)64/h7-18,40H,1-6,19-27,47-52H2,(H,53,65)(H,54,66)(H,55,67)(H,59,60)(H,61,62)(H,63,64)/t44-,45-,46-/m0/s1. The van der Waals surface area contributed by atoms with Gasteiger partial charge in [0.25, 0.3) is 17.7 Å². The maximum absolute atomic E-state index is 13.5. The van der Waals surface area contributed by atoms with Crippen molar-refractivity contribution in [3.63, 3.8) is 0 Å². The van der Waals surface area contributed by atoms with Gasteiger partial charge in [-0.25, -0.2) is 0 Å². The van der Waals surface area contributed by atoms with Crippen LogP contribution in [0.25, 0.3) is 0 Å². The number of benzene rings is 3. The van der Waals surface area contributed by atoms with Crippen molar-refractivity contribution >= 4 is 70.0 Å². The molecule has 0 aromatic heterocycles. The van der Waals surface area contributed by atoms with Gasteiger partial charge in [-0.2, -0.15) is 0 Å². The highest BCUT2D eigenvalue weighted by atomic mass is 16.4. The lowest BCUT2D eigenvalue weighted by Crippen LogP contribution is -2.57. The fraction of sp³-hybridized carbons (Fsp3) is 0.413. The maximum atomic E-state index is 13.5. The second-order valence-corrected chi connectivity index (χ2v) is 16.3. The number of carbonyl (C=O) groups is 9. The lowest BCUT2D eigenvalue weighted by atomic mass is 9.84. The number of unbranched alkanes of at least 4 members (excludes halogenated alkanes) is 3. The van der Waals surface area contributed by atoms with Gasteiger partial charge in [0.1, 0.15) is 19.3 Å². The topological polar surface area (TPSA) is 407 Å². The second kappa shape index (κ2) is 25.2. The fourth-order valence-corrected chi connectivity index (χ4v) is 7.25. The number of carbonyl (C=O) groups excluding carboxylic acids is 6. The first-order chi connectivity index (χ1) is 31.6. The number of nitrogens with two attached hydrogens (primary N) is 6. The normalized spacial score (nSPS) is 13.8. The molecule has 0 bridgehead atoms. The monoisotopic (exact) mass is 931 g/mol. The first-order valence-corrected chi connectivity index (χ1v) is 21.6. The molecule has 3 atom stereocenters. The summed E-state index contributed by atoms with van der Waals surface area (Å²) >= 11 is 0. The molecule has 67 heavy (non-hydrogen) atoms. The van der Waals surface area contributed by atoms with Crippen LogP contribution in [0.3, 0.4) is 0 Å². The highest BCUT2D eigenvalue weighted by molar-refractivity contribution is 6.20. The van der Waals surface area contributed by atoms with E-state index in [0.29, 0.717) is 36.0 Å². The van der Waals surface area contributed by atoms with Crippen LogP contribution in [-0.2, 0) is 43.2 Å². The number of rotatable bonds is 30. The predicted octanol–water partition coefficient (Wildman–Crippen LogP) is 1.29. The summed E-state index contributed by atoms with van der Waals surface area (Å²) in [5.74, 6) is -10.6. The van der Waals surface area contributed by atoms with E-state index in [1.807, 2.05) is 0 Å². The number of aliphatic carboxylic acids is 3. The molecule has 0 unspecified atom stereocenters. The van der Waals surface area contributed by atoms with E-state index >= 15 is 0 Å². The van der Waals surface area contributed by atoms with Crippen LogP contribution in [0.5, 0.6) is 0 Å². The largest absolute Gasteiger partial charge is 0.481 e. The predicted molar refractivity (Wildman–Crippen MR) is 247 cm³/mol. The molecule has 0 heterocycles. The zero-order chi connectivity index (χ0) is 50.0. The highest BCUT2D eigenvalue weighted by Gasteiger charge is 2.44. The quantitative estimate of drug-likeness (QED) is 0.0254. The van der Waals surface area contributed by atoms with Crippen LogP contribution < -0.4 is 50.4 Å². The average Bonchev–Trinajstić information content (AvgIpc) is 3.27. The Kier molecular flexibility index (Phi) is 20.6. The number of anilines is 3. The summed E-state index contributed by atoms with van der Waals surface area (Å²) in [5.41, 5.74) is 31.7. The Labute approximate surface area is 386 Å². The molecule has 0 fully saturated rings. The van der Waals surface area contributed by atoms with Gasteiger partial charge in [0.05, 0.1) is 0 Å². The van der Waals surface area contributed by atoms with Crippen LogP contribution in [0, 0.1) is 0 Å². The van der Waals surface area contributed by atoms with Crippen LogP contribution in [-0.4, -0.2) is 105 Å². The van der Waals surface area contributed by atoms with Crippen molar-refractivity contribution in [3.05, 3.63) is 89.5 Å². The lowest BCUT2D eigenvalue weighted by molar-refractivity contribution is -0.145. The Morgan fingerprint density at radius 1 is 0.403 bits per heavy atom. The SMILES string of the molecule is NCCCC[C@](N)(C(=O)CC(=O)O)C(=O)Nc1ccc(C(c2ccc(NC(=O)[C@](N)(CCCCN)C(=O)CC(=O)O)cc2)c2ccc(NC(=O)[C@](N)(CCCCN)C(=O)CC(=O)O)cc2)cc1. The molecule has 362 valence electrons. The minimum absolute atomic E-state index is 0.145. The molecule has 3 rings (SSSR count). The van der Waals surface area contributed by atoms with E-state index in [2.05, 4.69) is 16.0 Å². The van der Waals surface area contributed by atoms with Gasteiger partial charge in [-0.05, 0) is 131 Å². The zero-order valence-electron chi connectivity index (χ0n) is 37.1. The van der Waals surface area contributed by atoms with Crippen molar-refractivity contribution < 1.29 is 58.5 Å². The first kappa shape index (κ1) is 54.6. The van der Waals surface area contributed by atoms with Gasteiger partial charge in [0.15, 0.2) is 34.0 Å². The zero-order valence-corrected chi connectivity index (χ0v) is 37.1. The maximum Gasteiger partial charge on any atom is 0.310 e.